The first-order chi connectivity index (χ1) is 13.0. The van der Waals surface area contributed by atoms with E-state index in [1.54, 1.807) is 10.9 Å². The van der Waals surface area contributed by atoms with Crippen molar-refractivity contribution in [2.24, 2.45) is 0 Å². The lowest BCUT2D eigenvalue weighted by Crippen LogP contribution is -2.24. The van der Waals surface area contributed by atoms with E-state index >= 15 is 0 Å². The highest BCUT2D eigenvalue weighted by molar-refractivity contribution is 8.02. The van der Waals surface area contributed by atoms with Gasteiger partial charge in [-0.15, -0.1) is 5.10 Å². The Morgan fingerprint density at radius 1 is 1.30 bits per heavy atom. The number of amides is 1. The average Bonchev–Trinajstić information content (AvgIpc) is 3.28. The van der Waals surface area contributed by atoms with Crippen molar-refractivity contribution < 1.29 is 4.79 Å². The molecule has 142 valence electrons. The molecule has 0 saturated carbocycles. The second kappa shape index (κ2) is 8.81. The third-order valence-electron chi connectivity index (χ3n) is 4.11. The summed E-state index contributed by atoms with van der Waals surface area (Å²) in [5.41, 5.74) is 0.917. The van der Waals surface area contributed by atoms with Gasteiger partial charge in [0.15, 0.2) is 8.29 Å². The quantitative estimate of drug-likeness (QED) is 0.434. The Morgan fingerprint density at radius 2 is 2.04 bits per heavy atom. The summed E-state index contributed by atoms with van der Waals surface area (Å²) in [6.07, 6.45) is 2.64. The molecule has 0 radical (unpaired) electrons. The molecule has 3 rings (SSSR count). The number of thioether (sulfide) groups is 1. The Hall–Kier alpha value is -1.97. The molecule has 1 N–H and O–H groups in total. The number of anilines is 1. The molecule has 3 aromatic rings. The highest BCUT2D eigenvalue weighted by Gasteiger charge is 2.19. The van der Waals surface area contributed by atoms with E-state index in [-0.39, 0.29) is 17.2 Å². The van der Waals surface area contributed by atoms with Crippen LogP contribution in [0.15, 0.2) is 46.9 Å². The van der Waals surface area contributed by atoms with Gasteiger partial charge < -0.3 is 5.32 Å². The summed E-state index contributed by atoms with van der Waals surface area (Å²) in [5.74, 6) is 0.627. The number of benzene rings is 1. The van der Waals surface area contributed by atoms with E-state index in [1.807, 2.05) is 48.0 Å². The summed E-state index contributed by atoms with van der Waals surface area (Å²) in [5, 5.41) is 11.5. The summed E-state index contributed by atoms with van der Waals surface area (Å²) in [7, 11) is 0. The minimum absolute atomic E-state index is 0.0857. The van der Waals surface area contributed by atoms with Crippen molar-refractivity contribution in [3.63, 3.8) is 0 Å². The maximum Gasteiger partial charge on any atom is 0.238 e. The van der Waals surface area contributed by atoms with E-state index in [1.165, 1.54) is 23.1 Å². The lowest BCUT2D eigenvalue weighted by atomic mass is 10.3. The van der Waals surface area contributed by atoms with E-state index in [9.17, 15) is 4.79 Å². The first-order valence-electron chi connectivity index (χ1n) is 8.66. The van der Waals surface area contributed by atoms with Crippen molar-refractivity contribution in [1.29, 1.82) is 0 Å². The molecule has 27 heavy (non-hydrogen) atoms. The van der Waals surface area contributed by atoms with Gasteiger partial charge in [0.2, 0.25) is 5.91 Å². The van der Waals surface area contributed by atoms with Crippen molar-refractivity contribution in [3.05, 3.63) is 46.5 Å². The van der Waals surface area contributed by atoms with Gasteiger partial charge in [-0.1, -0.05) is 48.2 Å². The molecule has 0 fully saturated rings. The third kappa shape index (κ3) is 4.66. The van der Waals surface area contributed by atoms with Gasteiger partial charge in [-0.05, 0) is 44.6 Å². The smallest absolute Gasteiger partial charge is 0.238 e. The molecule has 9 heteroatoms. The molecule has 6 nitrogen and oxygen atoms in total. The fourth-order valence-electron chi connectivity index (χ4n) is 2.41. The van der Waals surface area contributed by atoms with Crippen LogP contribution in [0.1, 0.15) is 33.2 Å². The van der Waals surface area contributed by atoms with Crippen LogP contribution in [-0.4, -0.2) is 30.7 Å². The Kier molecular flexibility index (Phi) is 6.46. The molecule has 0 unspecified atom stereocenters. The van der Waals surface area contributed by atoms with Crippen LogP contribution in [0.2, 0.25) is 0 Å². The summed E-state index contributed by atoms with van der Waals surface area (Å²) in [6, 6.07) is 11.8. The van der Waals surface area contributed by atoms with E-state index in [0.717, 1.165) is 16.4 Å². The van der Waals surface area contributed by atoms with Crippen molar-refractivity contribution in [1.82, 2.24) is 19.6 Å². The number of nitrogens with one attached hydrogen (secondary N) is 1. The summed E-state index contributed by atoms with van der Waals surface area (Å²) in [4.78, 5) is 12.6. The van der Waals surface area contributed by atoms with Crippen LogP contribution in [0.5, 0.6) is 0 Å². The van der Waals surface area contributed by atoms with Crippen LogP contribution < -0.4 is 5.32 Å². The van der Waals surface area contributed by atoms with E-state index in [2.05, 4.69) is 29.4 Å². The lowest BCUT2D eigenvalue weighted by Gasteiger charge is -2.15. The minimum Gasteiger partial charge on any atom is -0.310 e. The van der Waals surface area contributed by atoms with E-state index < -0.39 is 0 Å². The molecule has 0 spiro atoms. The second-order valence-corrected chi connectivity index (χ2v) is 9.26. The predicted molar refractivity (Wildman–Crippen MR) is 113 cm³/mol. The van der Waals surface area contributed by atoms with Gasteiger partial charge in [-0.2, -0.15) is 5.10 Å². The van der Waals surface area contributed by atoms with Crippen molar-refractivity contribution >= 4 is 47.0 Å². The maximum atomic E-state index is 12.6. The first kappa shape index (κ1) is 19.8. The molecule has 1 amide bonds. The number of carbonyl (C=O) groups excluding carboxylic acids is 1. The van der Waals surface area contributed by atoms with Gasteiger partial charge in [-0.25, -0.2) is 9.36 Å². The topological polar surface area (TPSA) is 64.7 Å². The van der Waals surface area contributed by atoms with E-state index in [4.69, 9.17) is 12.2 Å². The normalized spacial score (nSPS) is 13.3. The Bertz CT molecular complexity index is 963. The van der Waals surface area contributed by atoms with Crippen LogP contribution in [0, 0.1) is 3.95 Å². The van der Waals surface area contributed by atoms with Crippen molar-refractivity contribution in [2.45, 2.75) is 42.8 Å². The van der Waals surface area contributed by atoms with Crippen molar-refractivity contribution in [2.75, 3.05) is 5.32 Å². The number of carbonyl (C=O) groups is 1. The molecule has 0 bridgehead atoms. The molecule has 0 aliphatic rings. The lowest BCUT2D eigenvalue weighted by molar-refractivity contribution is -0.115. The highest BCUT2D eigenvalue weighted by atomic mass is 32.2. The number of hydrogen-bond acceptors (Lipinski definition) is 6. The van der Waals surface area contributed by atoms with Gasteiger partial charge in [0.05, 0.1) is 23.2 Å². The molecule has 1 aromatic carbocycles. The maximum absolute atomic E-state index is 12.6. The van der Waals surface area contributed by atoms with Crippen LogP contribution in [-0.2, 0) is 4.79 Å². The zero-order chi connectivity index (χ0) is 19.4. The number of hydrogen-bond donors (Lipinski definition) is 1. The summed E-state index contributed by atoms with van der Waals surface area (Å²) >= 11 is 8.23. The Morgan fingerprint density at radius 3 is 2.74 bits per heavy atom. The zero-order valence-corrected chi connectivity index (χ0v) is 17.8. The van der Waals surface area contributed by atoms with E-state index in [0.29, 0.717) is 9.77 Å². The Balaban J connectivity index is 1.69. The molecule has 2 aromatic heterocycles. The van der Waals surface area contributed by atoms with Gasteiger partial charge in [0.1, 0.15) is 5.82 Å². The number of aromatic nitrogens is 4. The number of rotatable bonds is 7. The SMILES string of the molecule is CC[C@H](C)n1nccc1NC(=O)[C@@H](C)Sc1nn(-c2ccccc2)c(=S)s1. The van der Waals surface area contributed by atoms with Gasteiger partial charge in [-0.3, -0.25) is 4.79 Å². The van der Waals surface area contributed by atoms with Crippen LogP contribution >= 0.6 is 35.3 Å². The summed E-state index contributed by atoms with van der Waals surface area (Å²) < 4.78 is 4.99. The zero-order valence-electron chi connectivity index (χ0n) is 15.3. The predicted octanol–water partition coefficient (Wildman–Crippen LogP) is 4.95. The number of para-hydroxylation sites is 1. The fourth-order valence-corrected chi connectivity index (χ4v) is 4.92. The Labute approximate surface area is 171 Å². The second-order valence-electron chi connectivity index (χ2n) is 6.05. The largest absolute Gasteiger partial charge is 0.310 e. The van der Waals surface area contributed by atoms with Crippen molar-refractivity contribution in [3.8, 4) is 5.69 Å². The third-order valence-corrected chi connectivity index (χ3v) is 6.52. The fraction of sp³-hybridized carbons (Fsp3) is 0.333. The monoisotopic (exact) mass is 419 g/mol. The first-order valence-corrected chi connectivity index (χ1v) is 10.8. The van der Waals surface area contributed by atoms with Crippen LogP contribution in [0.25, 0.3) is 5.69 Å². The molecule has 0 saturated heterocycles. The van der Waals surface area contributed by atoms with Crippen LogP contribution in [0.3, 0.4) is 0 Å². The number of nitrogens with zero attached hydrogens (tertiary/aromatic N) is 4. The van der Waals surface area contributed by atoms with Gasteiger partial charge >= 0.3 is 0 Å². The van der Waals surface area contributed by atoms with Gasteiger partial charge in [0.25, 0.3) is 0 Å². The standard InChI is InChI=1S/C18H21N5OS3/c1-4-12(2)22-15(10-11-19-22)20-16(24)13(3)26-17-21-23(18(25)27-17)14-8-6-5-7-9-14/h5-13H,4H2,1-3H3,(H,20,24)/t12-,13+/m0/s1. The molecular weight excluding hydrogens is 398 g/mol. The molecule has 0 aliphatic carbocycles. The highest BCUT2D eigenvalue weighted by Crippen LogP contribution is 2.28. The van der Waals surface area contributed by atoms with Crippen LogP contribution in [0.4, 0.5) is 5.82 Å². The summed E-state index contributed by atoms with van der Waals surface area (Å²) in [6.45, 7) is 6.03. The molecule has 2 heterocycles. The molecular formula is C18H21N5OS3. The molecule has 2 atom stereocenters. The van der Waals surface area contributed by atoms with Gasteiger partial charge in [0, 0.05) is 6.07 Å². The molecule has 0 aliphatic heterocycles. The minimum atomic E-state index is -0.310. The average molecular weight is 420 g/mol.